The molecule has 1 heterocycles. The maximum atomic E-state index is 12.1. The summed E-state index contributed by atoms with van der Waals surface area (Å²) in [5.74, 6) is -2.03. The van der Waals surface area contributed by atoms with Crippen molar-refractivity contribution in [1.29, 1.82) is 0 Å². The fourth-order valence-electron chi connectivity index (χ4n) is 2.45. The van der Waals surface area contributed by atoms with Crippen LogP contribution < -0.4 is 16.1 Å². The smallest absolute Gasteiger partial charge is 0.374 e. The van der Waals surface area contributed by atoms with E-state index in [-0.39, 0.29) is 22.7 Å². The van der Waals surface area contributed by atoms with Gasteiger partial charge in [-0.15, -0.1) is 0 Å². The lowest BCUT2D eigenvalue weighted by atomic mass is 10.2. The molecule has 0 radical (unpaired) electrons. The molecule has 2 amide bonds. The number of nitrogens with one attached hydrogen (secondary N) is 2. The molecule has 0 fully saturated rings. The average Bonchev–Trinajstić information content (AvgIpc) is 2.72. The zero-order valence-electron chi connectivity index (χ0n) is 14.9. The van der Waals surface area contributed by atoms with Crippen LogP contribution >= 0.6 is 0 Å². The van der Waals surface area contributed by atoms with Crippen LogP contribution in [-0.2, 0) is 9.53 Å². The zero-order valence-corrected chi connectivity index (χ0v) is 14.9. The number of hydrogen-bond donors (Lipinski definition) is 2. The predicted octanol–water partition coefficient (Wildman–Crippen LogP) is 1.95. The molecular weight excluding hydrogens is 364 g/mol. The van der Waals surface area contributed by atoms with Crippen molar-refractivity contribution >= 4 is 34.4 Å². The van der Waals surface area contributed by atoms with Crippen molar-refractivity contribution in [3.63, 3.8) is 0 Å². The van der Waals surface area contributed by atoms with Gasteiger partial charge in [0.2, 0.25) is 5.76 Å². The molecule has 0 unspecified atom stereocenters. The molecule has 0 aliphatic rings. The zero-order chi connectivity index (χ0) is 20.1. The molecule has 0 aliphatic heterocycles. The Labute approximate surface area is 159 Å². The summed E-state index contributed by atoms with van der Waals surface area (Å²) in [7, 11) is 1.52. The van der Waals surface area contributed by atoms with E-state index in [4.69, 9.17) is 9.15 Å². The third kappa shape index (κ3) is 4.24. The molecular formula is C20H16N2O6. The molecule has 2 aromatic carbocycles. The summed E-state index contributed by atoms with van der Waals surface area (Å²) in [6, 6.07) is 13.7. The first-order valence-electron chi connectivity index (χ1n) is 8.30. The molecule has 0 spiro atoms. The van der Waals surface area contributed by atoms with Gasteiger partial charge >= 0.3 is 5.97 Å². The van der Waals surface area contributed by atoms with Crippen LogP contribution in [0.25, 0.3) is 11.0 Å². The van der Waals surface area contributed by atoms with Crippen LogP contribution in [0.5, 0.6) is 0 Å². The fourth-order valence-corrected chi connectivity index (χ4v) is 2.45. The van der Waals surface area contributed by atoms with Gasteiger partial charge in [-0.3, -0.25) is 14.4 Å². The van der Waals surface area contributed by atoms with E-state index in [1.807, 2.05) is 0 Å². The Kier molecular flexibility index (Phi) is 5.50. The SMILES string of the molecule is CNC(=O)c1ccc(NC(=O)COC(=O)c2cc(=O)c3ccccc3o2)cc1. The number of hydrogen-bond acceptors (Lipinski definition) is 6. The van der Waals surface area contributed by atoms with Crippen molar-refractivity contribution in [1.82, 2.24) is 5.32 Å². The monoisotopic (exact) mass is 380 g/mol. The average molecular weight is 380 g/mol. The second-order valence-electron chi connectivity index (χ2n) is 5.75. The molecule has 0 saturated carbocycles. The highest BCUT2D eigenvalue weighted by Crippen LogP contribution is 2.13. The number of para-hydroxylation sites is 1. The number of anilines is 1. The number of carbonyl (C=O) groups excluding carboxylic acids is 3. The number of esters is 1. The maximum Gasteiger partial charge on any atom is 0.374 e. The van der Waals surface area contributed by atoms with Gasteiger partial charge in [0.05, 0.1) is 5.39 Å². The van der Waals surface area contributed by atoms with Crippen molar-refractivity contribution < 1.29 is 23.5 Å². The molecule has 0 bridgehead atoms. The molecule has 8 nitrogen and oxygen atoms in total. The summed E-state index contributed by atoms with van der Waals surface area (Å²) >= 11 is 0. The standard InChI is InChI=1S/C20H16N2O6/c1-21-19(25)12-6-8-13(9-7-12)22-18(24)11-27-20(26)17-10-15(23)14-4-2-3-5-16(14)28-17/h2-10H,11H2,1H3,(H,21,25)(H,22,24). The number of ether oxygens (including phenoxy) is 1. The van der Waals surface area contributed by atoms with E-state index >= 15 is 0 Å². The van der Waals surface area contributed by atoms with E-state index in [0.29, 0.717) is 16.6 Å². The van der Waals surface area contributed by atoms with Crippen LogP contribution in [0.1, 0.15) is 20.9 Å². The second kappa shape index (κ2) is 8.17. The Bertz CT molecular complexity index is 1100. The minimum absolute atomic E-state index is 0.247. The molecule has 0 atom stereocenters. The van der Waals surface area contributed by atoms with Gasteiger partial charge < -0.3 is 19.8 Å². The van der Waals surface area contributed by atoms with Crippen molar-refractivity contribution in [3.8, 4) is 0 Å². The van der Waals surface area contributed by atoms with Crippen LogP contribution in [0, 0.1) is 0 Å². The minimum atomic E-state index is -0.923. The van der Waals surface area contributed by atoms with Gasteiger partial charge in [-0.25, -0.2) is 4.79 Å². The number of fused-ring (bicyclic) bond motifs is 1. The number of rotatable bonds is 5. The molecule has 0 saturated heterocycles. The van der Waals surface area contributed by atoms with Gasteiger partial charge in [-0.2, -0.15) is 0 Å². The maximum absolute atomic E-state index is 12.1. The first-order chi connectivity index (χ1) is 13.5. The van der Waals surface area contributed by atoms with Gasteiger partial charge in [0, 0.05) is 24.4 Å². The van der Waals surface area contributed by atoms with Gasteiger partial charge in [-0.1, -0.05) is 12.1 Å². The summed E-state index contributed by atoms with van der Waals surface area (Å²) in [4.78, 5) is 47.5. The highest BCUT2D eigenvalue weighted by atomic mass is 16.5. The number of amides is 2. The molecule has 142 valence electrons. The largest absolute Gasteiger partial charge is 0.450 e. The fraction of sp³-hybridized carbons (Fsp3) is 0.100. The van der Waals surface area contributed by atoms with Crippen LogP contribution in [-0.4, -0.2) is 31.4 Å². The van der Waals surface area contributed by atoms with E-state index < -0.39 is 18.5 Å². The third-order valence-electron chi connectivity index (χ3n) is 3.83. The minimum Gasteiger partial charge on any atom is -0.450 e. The molecule has 3 aromatic rings. The summed E-state index contributed by atoms with van der Waals surface area (Å²) < 4.78 is 10.3. The van der Waals surface area contributed by atoms with Crippen molar-refractivity contribution in [2.24, 2.45) is 0 Å². The summed E-state index contributed by atoms with van der Waals surface area (Å²) in [6.07, 6.45) is 0. The lowest BCUT2D eigenvalue weighted by Gasteiger charge is -2.07. The summed E-state index contributed by atoms with van der Waals surface area (Å²) in [5, 5.41) is 5.37. The van der Waals surface area contributed by atoms with Crippen molar-refractivity contribution in [3.05, 3.63) is 76.1 Å². The molecule has 1 aromatic heterocycles. The molecule has 28 heavy (non-hydrogen) atoms. The van der Waals surface area contributed by atoms with E-state index in [0.717, 1.165) is 6.07 Å². The van der Waals surface area contributed by atoms with Crippen molar-refractivity contribution in [2.45, 2.75) is 0 Å². The van der Waals surface area contributed by atoms with Crippen LogP contribution in [0.4, 0.5) is 5.69 Å². The van der Waals surface area contributed by atoms with E-state index in [1.165, 1.54) is 7.05 Å². The second-order valence-corrected chi connectivity index (χ2v) is 5.75. The first-order valence-corrected chi connectivity index (χ1v) is 8.30. The quantitative estimate of drug-likeness (QED) is 0.654. The number of benzene rings is 2. The van der Waals surface area contributed by atoms with E-state index in [2.05, 4.69) is 10.6 Å². The van der Waals surface area contributed by atoms with Gasteiger partial charge in [0.1, 0.15) is 5.58 Å². The Hall–Kier alpha value is -3.94. The number of carbonyl (C=O) groups is 3. The van der Waals surface area contributed by atoms with Crippen LogP contribution in [0.2, 0.25) is 0 Å². The van der Waals surface area contributed by atoms with E-state index in [1.54, 1.807) is 48.5 Å². The van der Waals surface area contributed by atoms with Gasteiger partial charge in [-0.05, 0) is 36.4 Å². The highest BCUT2D eigenvalue weighted by molar-refractivity contribution is 5.97. The molecule has 0 aliphatic carbocycles. The molecule has 2 N–H and O–H groups in total. The lowest BCUT2D eigenvalue weighted by Crippen LogP contribution is -2.21. The third-order valence-corrected chi connectivity index (χ3v) is 3.83. The highest BCUT2D eigenvalue weighted by Gasteiger charge is 2.15. The van der Waals surface area contributed by atoms with Crippen molar-refractivity contribution in [2.75, 3.05) is 19.0 Å². The summed E-state index contributed by atoms with van der Waals surface area (Å²) in [6.45, 7) is -0.563. The molecule has 8 heteroatoms. The lowest BCUT2D eigenvalue weighted by molar-refractivity contribution is -0.119. The topological polar surface area (TPSA) is 115 Å². The van der Waals surface area contributed by atoms with Crippen LogP contribution in [0.15, 0.2) is 63.8 Å². The van der Waals surface area contributed by atoms with Gasteiger partial charge in [0.25, 0.3) is 11.8 Å². The van der Waals surface area contributed by atoms with E-state index in [9.17, 15) is 19.2 Å². The first kappa shape index (κ1) is 18.8. The Morgan fingerprint density at radius 2 is 1.75 bits per heavy atom. The normalized spacial score (nSPS) is 10.3. The van der Waals surface area contributed by atoms with Crippen LogP contribution in [0.3, 0.4) is 0 Å². The molecule has 3 rings (SSSR count). The Morgan fingerprint density at radius 3 is 2.46 bits per heavy atom. The Balaban J connectivity index is 1.60. The Morgan fingerprint density at radius 1 is 1.04 bits per heavy atom. The van der Waals surface area contributed by atoms with Gasteiger partial charge in [0.15, 0.2) is 12.0 Å². The summed E-state index contributed by atoms with van der Waals surface area (Å²) in [5.41, 5.74) is 0.751. The predicted molar refractivity (Wildman–Crippen MR) is 101 cm³/mol.